The fourth-order valence-electron chi connectivity index (χ4n) is 4.02. The number of allylic oxidation sites excluding steroid dienone is 1. The van der Waals surface area contributed by atoms with Gasteiger partial charge in [0.1, 0.15) is 12.2 Å². The molecule has 0 saturated carbocycles. The largest absolute Gasteiger partial charge is 0.459 e. The Kier molecular flexibility index (Phi) is 7.36. The van der Waals surface area contributed by atoms with Crippen molar-refractivity contribution in [2.45, 2.75) is 51.4 Å². The van der Waals surface area contributed by atoms with Crippen LogP contribution in [0.5, 0.6) is 0 Å². The zero-order valence-corrected chi connectivity index (χ0v) is 20.8. The van der Waals surface area contributed by atoms with Gasteiger partial charge < -0.3 is 14.8 Å². The van der Waals surface area contributed by atoms with Crippen LogP contribution in [0, 0.1) is 5.92 Å². The molecule has 32 heavy (non-hydrogen) atoms. The van der Waals surface area contributed by atoms with E-state index in [-0.39, 0.29) is 12.5 Å². The van der Waals surface area contributed by atoms with E-state index in [9.17, 15) is 9.59 Å². The maximum absolute atomic E-state index is 13.7. The quantitative estimate of drug-likeness (QED) is 0.358. The van der Waals surface area contributed by atoms with Gasteiger partial charge in [-0.15, -0.1) is 6.58 Å². The topological polar surface area (TPSA) is 64.6 Å². The Labute approximate surface area is 202 Å². The Bertz CT molecular complexity index is 1020. The van der Waals surface area contributed by atoms with Gasteiger partial charge in [0.15, 0.2) is 5.54 Å². The third-order valence-corrected chi connectivity index (χ3v) is 6.53. The second-order valence-electron chi connectivity index (χ2n) is 8.85. The van der Waals surface area contributed by atoms with Crippen LogP contribution in [0.15, 0.2) is 59.6 Å². The second-order valence-corrected chi connectivity index (χ2v) is 10.1. The Morgan fingerprint density at radius 3 is 2.59 bits per heavy atom. The molecule has 1 aliphatic rings. The molecule has 0 bridgehead atoms. The molecule has 2 aromatic carbocycles. The number of hydrogen-bond donors (Lipinski definition) is 1. The van der Waals surface area contributed by atoms with E-state index in [1.807, 2.05) is 36.4 Å². The standard InChI is InChI=1S/C25H27BrClNO4/c1-5-9-18-12-17-13-21(27)20(26)14-19(17)25(18,28-23(30)32-24(2,3)4)22(29)31-15-16-10-7-6-8-11-16/h5-8,10-11,13-14,18H,1,9,12,15H2,2-4H3,(H,28,30)/t18-,25+/m0/s1. The highest BCUT2D eigenvalue weighted by molar-refractivity contribution is 9.10. The minimum absolute atomic E-state index is 0.0856. The lowest BCUT2D eigenvalue weighted by atomic mass is 9.81. The number of amides is 1. The molecule has 1 aliphatic carbocycles. The van der Waals surface area contributed by atoms with Gasteiger partial charge >= 0.3 is 12.1 Å². The van der Waals surface area contributed by atoms with Gasteiger partial charge in [-0.05, 0) is 78.4 Å². The minimum Gasteiger partial charge on any atom is -0.459 e. The predicted molar refractivity (Wildman–Crippen MR) is 128 cm³/mol. The highest BCUT2D eigenvalue weighted by Gasteiger charge is 2.55. The molecule has 1 amide bonds. The lowest BCUT2D eigenvalue weighted by molar-refractivity contribution is -0.156. The number of hydrogen-bond acceptors (Lipinski definition) is 4. The van der Waals surface area contributed by atoms with Crippen molar-refractivity contribution in [3.63, 3.8) is 0 Å². The van der Waals surface area contributed by atoms with Crippen LogP contribution in [0.1, 0.15) is 43.9 Å². The summed E-state index contributed by atoms with van der Waals surface area (Å²) in [4.78, 5) is 26.6. The SMILES string of the molecule is C=CC[C@H]1Cc2cc(Cl)c(Br)cc2[C@@]1(NC(=O)OC(C)(C)C)C(=O)OCc1ccccc1. The van der Waals surface area contributed by atoms with E-state index in [0.29, 0.717) is 27.9 Å². The lowest BCUT2D eigenvalue weighted by Crippen LogP contribution is -2.56. The van der Waals surface area contributed by atoms with E-state index in [4.69, 9.17) is 21.1 Å². The average molecular weight is 521 g/mol. The molecule has 0 aliphatic heterocycles. The van der Waals surface area contributed by atoms with Crippen molar-refractivity contribution in [1.82, 2.24) is 5.32 Å². The molecule has 5 nitrogen and oxygen atoms in total. The summed E-state index contributed by atoms with van der Waals surface area (Å²) in [6.07, 6.45) is 2.07. The Morgan fingerprint density at radius 2 is 1.97 bits per heavy atom. The zero-order chi connectivity index (χ0) is 23.5. The number of carbonyl (C=O) groups excluding carboxylic acids is 2. The van der Waals surface area contributed by atoms with Crippen LogP contribution in [0.4, 0.5) is 4.79 Å². The van der Waals surface area contributed by atoms with Crippen LogP contribution >= 0.6 is 27.5 Å². The van der Waals surface area contributed by atoms with E-state index in [1.165, 1.54) is 0 Å². The molecule has 170 valence electrons. The number of alkyl carbamates (subject to hydrolysis) is 1. The van der Waals surface area contributed by atoms with Gasteiger partial charge in [0.05, 0.1) is 5.02 Å². The van der Waals surface area contributed by atoms with Crippen molar-refractivity contribution < 1.29 is 19.1 Å². The molecule has 0 unspecified atom stereocenters. The van der Waals surface area contributed by atoms with Crippen molar-refractivity contribution in [3.05, 3.63) is 81.3 Å². The highest BCUT2D eigenvalue weighted by atomic mass is 79.9. The van der Waals surface area contributed by atoms with Crippen LogP contribution in [-0.4, -0.2) is 17.7 Å². The molecule has 0 heterocycles. The number of esters is 1. The summed E-state index contributed by atoms with van der Waals surface area (Å²) in [5, 5.41) is 3.41. The minimum atomic E-state index is -1.44. The van der Waals surface area contributed by atoms with Crippen LogP contribution in [0.25, 0.3) is 0 Å². The van der Waals surface area contributed by atoms with Gasteiger partial charge in [0.25, 0.3) is 0 Å². The summed E-state index contributed by atoms with van der Waals surface area (Å²) in [6.45, 7) is 9.25. The summed E-state index contributed by atoms with van der Waals surface area (Å²) in [5.74, 6) is -0.858. The fraction of sp³-hybridized carbons (Fsp3) is 0.360. The van der Waals surface area contributed by atoms with Crippen LogP contribution in [0.2, 0.25) is 5.02 Å². The molecule has 3 rings (SSSR count). The van der Waals surface area contributed by atoms with E-state index >= 15 is 0 Å². The van der Waals surface area contributed by atoms with E-state index in [0.717, 1.165) is 11.1 Å². The second kappa shape index (κ2) is 9.67. The van der Waals surface area contributed by atoms with Crippen molar-refractivity contribution in [1.29, 1.82) is 0 Å². The van der Waals surface area contributed by atoms with Gasteiger partial charge in [-0.2, -0.15) is 0 Å². The Balaban J connectivity index is 2.05. The molecule has 1 N–H and O–H groups in total. The number of ether oxygens (including phenoxy) is 2. The molecule has 0 fully saturated rings. The van der Waals surface area contributed by atoms with Gasteiger partial charge in [0.2, 0.25) is 0 Å². The first-order valence-electron chi connectivity index (χ1n) is 10.4. The normalized spacial score (nSPS) is 19.7. The maximum Gasteiger partial charge on any atom is 0.408 e. The first-order chi connectivity index (χ1) is 15.1. The van der Waals surface area contributed by atoms with Gasteiger partial charge in [-0.25, -0.2) is 9.59 Å². The van der Waals surface area contributed by atoms with Crippen LogP contribution in [0.3, 0.4) is 0 Å². The first kappa shape index (κ1) is 24.3. The number of rotatable bonds is 6. The van der Waals surface area contributed by atoms with Crippen molar-refractivity contribution in [2.24, 2.45) is 5.92 Å². The van der Waals surface area contributed by atoms with E-state index < -0.39 is 23.2 Å². The number of benzene rings is 2. The highest BCUT2D eigenvalue weighted by Crippen LogP contribution is 2.47. The molecule has 0 saturated heterocycles. The molecule has 2 atom stereocenters. The number of fused-ring (bicyclic) bond motifs is 1. The van der Waals surface area contributed by atoms with Gasteiger partial charge in [-0.1, -0.05) is 48.0 Å². The first-order valence-corrected chi connectivity index (χ1v) is 11.6. The summed E-state index contributed by atoms with van der Waals surface area (Å²) in [7, 11) is 0. The number of nitrogens with one attached hydrogen (secondary N) is 1. The molecule has 7 heteroatoms. The Hall–Kier alpha value is -2.31. The van der Waals surface area contributed by atoms with E-state index in [1.54, 1.807) is 32.9 Å². The van der Waals surface area contributed by atoms with Gasteiger partial charge in [0, 0.05) is 10.4 Å². The third-order valence-electron chi connectivity index (χ3n) is 5.33. The fourth-order valence-corrected chi connectivity index (χ4v) is 4.55. The van der Waals surface area contributed by atoms with Crippen LogP contribution < -0.4 is 5.32 Å². The van der Waals surface area contributed by atoms with Crippen molar-refractivity contribution >= 4 is 39.6 Å². The monoisotopic (exact) mass is 519 g/mol. The Morgan fingerprint density at radius 1 is 1.28 bits per heavy atom. The summed E-state index contributed by atoms with van der Waals surface area (Å²) in [5.41, 5.74) is 0.203. The zero-order valence-electron chi connectivity index (χ0n) is 18.4. The van der Waals surface area contributed by atoms with Crippen LogP contribution in [-0.2, 0) is 32.8 Å². The number of halogens is 2. The third kappa shape index (κ3) is 5.18. The molecule has 0 radical (unpaired) electrons. The molecular weight excluding hydrogens is 494 g/mol. The molecule has 0 aromatic heterocycles. The lowest BCUT2D eigenvalue weighted by Gasteiger charge is -2.35. The van der Waals surface area contributed by atoms with E-state index in [2.05, 4.69) is 27.8 Å². The van der Waals surface area contributed by atoms with Crippen molar-refractivity contribution in [3.8, 4) is 0 Å². The summed E-state index contributed by atoms with van der Waals surface area (Å²) in [6, 6.07) is 13.0. The van der Waals surface area contributed by atoms with Crippen molar-refractivity contribution in [2.75, 3.05) is 0 Å². The van der Waals surface area contributed by atoms with Gasteiger partial charge in [-0.3, -0.25) is 0 Å². The maximum atomic E-state index is 13.7. The molecule has 2 aromatic rings. The molecule has 0 spiro atoms. The summed E-state index contributed by atoms with van der Waals surface area (Å²) >= 11 is 9.78. The average Bonchev–Trinajstić information content (AvgIpc) is 2.99. The smallest absolute Gasteiger partial charge is 0.408 e. The predicted octanol–water partition coefficient (Wildman–Crippen LogP) is 6.31. The molecular formula is C25H27BrClNO4. The number of carbonyl (C=O) groups is 2. The summed E-state index contributed by atoms with van der Waals surface area (Å²) < 4.78 is 11.9.